The molecule has 108 valence electrons. The van der Waals surface area contributed by atoms with E-state index in [1.165, 1.54) is 0 Å². The van der Waals surface area contributed by atoms with Crippen LogP contribution in [0.2, 0.25) is 0 Å². The van der Waals surface area contributed by atoms with Gasteiger partial charge in [-0.3, -0.25) is 4.68 Å². The van der Waals surface area contributed by atoms with Gasteiger partial charge in [0.1, 0.15) is 5.67 Å². The molecule has 19 heavy (non-hydrogen) atoms. The number of piperidine rings is 1. The molecule has 3 nitrogen and oxygen atoms in total. The lowest BCUT2D eigenvalue weighted by atomic mass is 9.82. The SMILES string of the molecule is CCC(C)n1ccc(CC(C)(F)C2CCCNC2)n1. The second-order valence-electron chi connectivity index (χ2n) is 6.04. The maximum atomic E-state index is 14.9. The number of aromatic nitrogens is 2. The van der Waals surface area contributed by atoms with E-state index < -0.39 is 5.67 Å². The molecule has 0 aliphatic carbocycles. The van der Waals surface area contributed by atoms with Crippen LogP contribution in [0.4, 0.5) is 4.39 Å². The molecule has 1 N–H and O–H groups in total. The molecule has 2 rings (SSSR count). The Labute approximate surface area is 115 Å². The average Bonchev–Trinajstić information content (AvgIpc) is 2.86. The van der Waals surface area contributed by atoms with Gasteiger partial charge in [0.25, 0.3) is 0 Å². The van der Waals surface area contributed by atoms with Gasteiger partial charge >= 0.3 is 0 Å². The van der Waals surface area contributed by atoms with E-state index in [4.69, 9.17) is 0 Å². The summed E-state index contributed by atoms with van der Waals surface area (Å²) >= 11 is 0. The van der Waals surface area contributed by atoms with Crippen LogP contribution in [0, 0.1) is 5.92 Å². The third-order valence-corrected chi connectivity index (χ3v) is 4.38. The highest BCUT2D eigenvalue weighted by atomic mass is 19.1. The fourth-order valence-corrected chi connectivity index (χ4v) is 2.77. The first-order chi connectivity index (χ1) is 9.03. The van der Waals surface area contributed by atoms with Crippen LogP contribution in [0.25, 0.3) is 0 Å². The predicted molar refractivity (Wildman–Crippen MR) is 76.0 cm³/mol. The second kappa shape index (κ2) is 6.04. The number of hydrogen-bond donors (Lipinski definition) is 1. The minimum atomic E-state index is -1.16. The van der Waals surface area contributed by atoms with Crippen molar-refractivity contribution < 1.29 is 4.39 Å². The lowest BCUT2D eigenvalue weighted by molar-refractivity contribution is 0.0821. The van der Waals surface area contributed by atoms with E-state index in [-0.39, 0.29) is 5.92 Å². The molecule has 0 spiro atoms. The van der Waals surface area contributed by atoms with Crippen molar-refractivity contribution in [1.82, 2.24) is 15.1 Å². The van der Waals surface area contributed by atoms with Crippen molar-refractivity contribution in [3.05, 3.63) is 18.0 Å². The molecular formula is C15H26FN3. The Morgan fingerprint density at radius 2 is 2.42 bits per heavy atom. The number of hydrogen-bond acceptors (Lipinski definition) is 2. The van der Waals surface area contributed by atoms with E-state index in [2.05, 4.69) is 24.3 Å². The van der Waals surface area contributed by atoms with Gasteiger partial charge in [0.2, 0.25) is 0 Å². The van der Waals surface area contributed by atoms with E-state index >= 15 is 0 Å². The first kappa shape index (κ1) is 14.5. The van der Waals surface area contributed by atoms with E-state index in [9.17, 15) is 4.39 Å². The Balaban J connectivity index is 2.00. The summed E-state index contributed by atoms with van der Waals surface area (Å²) in [6, 6.07) is 2.34. The van der Waals surface area contributed by atoms with Crippen molar-refractivity contribution in [1.29, 1.82) is 0 Å². The van der Waals surface area contributed by atoms with Crippen molar-refractivity contribution in [3.63, 3.8) is 0 Å². The summed E-state index contributed by atoms with van der Waals surface area (Å²) in [7, 11) is 0. The highest BCUT2D eigenvalue weighted by molar-refractivity contribution is 5.05. The average molecular weight is 267 g/mol. The summed E-state index contributed by atoms with van der Waals surface area (Å²) in [4.78, 5) is 0. The Hall–Kier alpha value is -0.900. The highest BCUT2D eigenvalue weighted by Gasteiger charge is 2.35. The summed E-state index contributed by atoms with van der Waals surface area (Å²) < 4.78 is 16.8. The quantitative estimate of drug-likeness (QED) is 0.888. The maximum Gasteiger partial charge on any atom is 0.117 e. The number of halogens is 1. The molecule has 1 fully saturated rings. The topological polar surface area (TPSA) is 29.9 Å². The molecule has 1 aliphatic rings. The van der Waals surface area contributed by atoms with Crippen LogP contribution in [-0.4, -0.2) is 28.5 Å². The molecule has 0 aromatic carbocycles. The van der Waals surface area contributed by atoms with Crippen LogP contribution in [0.15, 0.2) is 12.3 Å². The van der Waals surface area contributed by atoms with Gasteiger partial charge in [0, 0.05) is 31.1 Å². The van der Waals surface area contributed by atoms with Crippen LogP contribution >= 0.6 is 0 Å². The van der Waals surface area contributed by atoms with Gasteiger partial charge in [-0.05, 0) is 45.7 Å². The van der Waals surface area contributed by atoms with Crippen LogP contribution < -0.4 is 5.32 Å². The predicted octanol–water partition coefficient (Wildman–Crippen LogP) is 3.12. The van der Waals surface area contributed by atoms with Crippen molar-refractivity contribution in [3.8, 4) is 0 Å². The third-order valence-electron chi connectivity index (χ3n) is 4.38. The summed E-state index contributed by atoms with van der Waals surface area (Å²) in [6.45, 7) is 7.82. The summed E-state index contributed by atoms with van der Waals surface area (Å²) in [5.74, 6) is 0.106. The molecule has 2 heterocycles. The van der Waals surface area contributed by atoms with Crippen LogP contribution in [0.1, 0.15) is 51.8 Å². The Morgan fingerprint density at radius 1 is 1.63 bits per heavy atom. The fraction of sp³-hybridized carbons (Fsp3) is 0.800. The van der Waals surface area contributed by atoms with Crippen LogP contribution in [0.5, 0.6) is 0 Å². The Bertz CT molecular complexity index is 394. The molecule has 1 aromatic rings. The van der Waals surface area contributed by atoms with Gasteiger partial charge in [-0.25, -0.2) is 4.39 Å². The number of nitrogens with one attached hydrogen (secondary N) is 1. The molecule has 3 atom stereocenters. The van der Waals surface area contributed by atoms with Crippen molar-refractivity contribution in [2.24, 2.45) is 5.92 Å². The summed E-state index contributed by atoms with van der Waals surface area (Å²) in [5, 5.41) is 7.81. The van der Waals surface area contributed by atoms with Crippen LogP contribution in [0.3, 0.4) is 0 Å². The maximum absolute atomic E-state index is 14.9. The zero-order valence-corrected chi connectivity index (χ0v) is 12.3. The minimum Gasteiger partial charge on any atom is -0.316 e. The lowest BCUT2D eigenvalue weighted by Gasteiger charge is -2.33. The Morgan fingerprint density at radius 3 is 3.05 bits per heavy atom. The van der Waals surface area contributed by atoms with Gasteiger partial charge in [-0.2, -0.15) is 5.10 Å². The fourth-order valence-electron chi connectivity index (χ4n) is 2.77. The normalized spacial score (nSPS) is 24.9. The van der Waals surface area contributed by atoms with E-state index in [1.54, 1.807) is 6.92 Å². The van der Waals surface area contributed by atoms with Crippen LogP contribution in [-0.2, 0) is 6.42 Å². The largest absolute Gasteiger partial charge is 0.316 e. The molecular weight excluding hydrogens is 241 g/mol. The number of alkyl halides is 1. The van der Waals surface area contributed by atoms with E-state index in [0.29, 0.717) is 12.5 Å². The highest BCUT2D eigenvalue weighted by Crippen LogP contribution is 2.31. The molecule has 4 heteroatoms. The van der Waals surface area contributed by atoms with Gasteiger partial charge in [-0.15, -0.1) is 0 Å². The van der Waals surface area contributed by atoms with Crippen molar-refractivity contribution in [2.45, 2.75) is 58.2 Å². The monoisotopic (exact) mass is 267 g/mol. The van der Waals surface area contributed by atoms with Crippen molar-refractivity contribution in [2.75, 3.05) is 13.1 Å². The Kier molecular flexibility index (Phi) is 4.61. The molecule has 0 bridgehead atoms. The number of rotatable bonds is 5. The molecule has 0 radical (unpaired) electrons. The molecule has 3 unspecified atom stereocenters. The summed E-state index contributed by atoms with van der Waals surface area (Å²) in [5.41, 5.74) is -0.293. The smallest absolute Gasteiger partial charge is 0.117 e. The summed E-state index contributed by atoms with van der Waals surface area (Å²) in [6.07, 6.45) is 5.49. The first-order valence-corrected chi connectivity index (χ1v) is 7.46. The molecule has 1 aliphatic heterocycles. The molecule has 1 aromatic heterocycles. The third kappa shape index (κ3) is 3.56. The zero-order chi connectivity index (χ0) is 13.9. The van der Waals surface area contributed by atoms with E-state index in [1.807, 2.05) is 16.9 Å². The molecule has 0 saturated carbocycles. The minimum absolute atomic E-state index is 0.106. The molecule has 1 saturated heterocycles. The first-order valence-electron chi connectivity index (χ1n) is 7.46. The van der Waals surface area contributed by atoms with Gasteiger partial charge in [0.15, 0.2) is 0 Å². The lowest BCUT2D eigenvalue weighted by Crippen LogP contribution is -2.42. The van der Waals surface area contributed by atoms with Gasteiger partial charge < -0.3 is 5.32 Å². The number of nitrogens with zero attached hydrogens (tertiary/aromatic N) is 2. The zero-order valence-electron chi connectivity index (χ0n) is 12.3. The van der Waals surface area contributed by atoms with Crippen molar-refractivity contribution >= 4 is 0 Å². The van der Waals surface area contributed by atoms with E-state index in [0.717, 1.165) is 38.0 Å². The van der Waals surface area contributed by atoms with Gasteiger partial charge in [-0.1, -0.05) is 6.92 Å². The van der Waals surface area contributed by atoms with Gasteiger partial charge in [0.05, 0.1) is 5.69 Å². The standard InChI is InChI=1S/C15H26FN3/c1-4-12(2)19-9-7-14(18-19)10-15(3,16)13-6-5-8-17-11-13/h7,9,12-13,17H,4-6,8,10-11H2,1-3H3. The molecule has 0 amide bonds. The second-order valence-corrected chi connectivity index (χ2v) is 6.04.